The minimum atomic E-state index is -0.0370. The van der Waals surface area contributed by atoms with Gasteiger partial charge in [-0.15, -0.1) is 0 Å². The first-order valence-electron chi connectivity index (χ1n) is 5.13. The van der Waals surface area contributed by atoms with Crippen molar-refractivity contribution in [1.29, 1.82) is 0 Å². The van der Waals surface area contributed by atoms with Gasteiger partial charge in [0.2, 0.25) is 5.91 Å². The molecule has 0 aliphatic rings. The standard InChI is InChI=1S/C10H20BrNO2/c1-3-4-6-9(11)10(13)12-7-5-8-14-2/h9H,3-8H2,1-2H3,(H,12,13). The molecule has 4 heteroatoms. The molecular weight excluding hydrogens is 246 g/mol. The lowest BCUT2D eigenvalue weighted by Crippen LogP contribution is -2.32. The van der Waals surface area contributed by atoms with Crippen LogP contribution in [0.2, 0.25) is 0 Å². The molecule has 0 aliphatic heterocycles. The first-order valence-corrected chi connectivity index (χ1v) is 6.04. The van der Waals surface area contributed by atoms with Gasteiger partial charge in [0.1, 0.15) is 0 Å². The van der Waals surface area contributed by atoms with E-state index in [4.69, 9.17) is 4.74 Å². The molecule has 1 N–H and O–H groups in total. The SMILES string of the molecule is CCCCC(Br)C(=O)NCCCOC. The predicted octanol–water partition coefficient (Wildman–Crippen LogP) is 2.09. The smallest absolute Gasteiger partial charge is 0.233 e. The van der Waals surface area contributed by atoms with E-state index in [1.54, 1.807) is 7.11 Å². The Hall–Kier alpha value is -0.0900. The molecule has 1 amide bonds. The summed E-state index contributed by atoms with van der Waals surface area (Å²) in [5.41, 5.74) is 0. The van der Waals surface area contributed by atoms with Crippen molar-refractivity contribution >= 4 is 21.8 Å². The van der Waals surface area contributed by atoms with Gasteiger partial charge in [-0.2, -0.15) is 0 Å². The van der Waals surface area contributed by atoms with Crippen LogP contribution in [-0.4, -0.2) is 31.0 Å². The van der Waals surface area contributed by atoms with Crippen LogP contribution in [0.3, 0.4) is 0 Å². The number of halogens is 1. The fourth-order valence-electron chi connectivity index (χ4n) is 1.05. The lowest BCUT2D eigenvalue weighted by Gasteiger charge is -2.09. The number of unbranched alkanes of at least 4 members (excludes halogenated alkanes) is 1. The van der Waals surface area contributed by atoms with E-state index in [1.165, 1.54) is 0 Å². The molecule has 0 spiro atoms. The van der Waals surface area contributed by atoms with Gasteiger partial charge in [0, 0.05) is 20.3 Å². The molecule has 0 saturated carbocycles. The molecular formula is C10H20BrNO2. The molecule has 1 unspecified atom stereocenters. The Kier molecular flexibility index (Phi) is 9.40. The van der Waals surface area contributed by atoms with Crippen LogP contribution >= 0.6 is 15.9 Å². The average Bonchev–Trinajstić information content (AvgIpc) is 2.20. The number of rotatable bonds is 8. The molecule has 84 valence electrons. The van der Waals surface area contributed by atoms with E-state index in [9.17, 15) is 4.79 Å². The van der Waals surface area contributed by atoms with Gasteiger partial charge in [0.15, 0.2) is 0 Å². The summed E-state index contributed by atoms with van der Waals surface area (Å²) in [5, 5.41) is 2.86. The van der Waals surface area contributed by atoms with Crippen LogP contribution in [0.4, 0.5) is 0 Å². The van der Waals surface area contributed by atoms with Gasteiger partial charge in [-0.1, -0.05) is 35.7 Å². The Morgan fingerprint density at radius 3 is 2.79 bits per heavy atom. The maximum absolute atomic E-state index is 11.4. The monoisotopic (exact) mass is 265 g/mol. The molecule has 14 heavy (non-hydrogen) atoms. The molecule has 0 bridgehead atoms. The number of carbonyl (C=O) groups excluding carboxylic acids is 1. The van der Waals surface area contributed by atoms with Crippen molar-refractivity contribution in [2.45, 2.75) is 37.4 Å². The van der Waals surface area contributed by atoms with E-state index >= 15 is 0 Å². The number of ether oxygens (including phenoxy) is 1. The van der Waals surface area contributed by atoms with Gasteiger partial charge in [-0.05, 0) is 12.8 Å². The summed E-state index contributed by atoms with van der Waals surface area (Å²) in [7, 11) is 1.66. The summed E-state index contributed by atoms with van der Waals surface area (Å²) in [6.07, 6.45) is 3.99. The van der Waals surface area contributed by atoms with Crippen molar-refractivity contribution in [1.82, 2.24) is 5.32 Å². The summed E-state index contributed by atoms with van der Waals surface area (Å²) in [5.74, 6) is 0.0922. The minimum absolute atomic E-state index is 0.0370. The van der Waals surface area contributed by atoms with Gasteiger partial charge in [-0.25, -0.2) is 0 Å². The number of amides is 1. The molecule has 0 saturated heterocycles. The second-order valence-corrected chi connectivity index (χ2v) is 4.35. The van der Waals surface area contributed by atoms with E-state index in [-0.39, 0.29) is 10.7 Å². The van der Waals surface area contributed by atoms with E-state index in [2.05, 4.69) is 28.2 Å². The Morgan fingerprint density at radius 2 is 2.21 bits per heavy atom. The fourth-order valence-corrected chi connectivity index (χ4v) is 1.54. The Bertz CT molecular complexity index is 153. The van der Waals surface area contributed by atoms with Crippen LogP contribution in [0.5, 0.6) is 0 Å². The fraction of sp³-hybridized carbons (Fsp3) is 0.900. The molecule has 0 fully saturated rings. The predicted molar refractivity (Wildman–Crippen MR) is 61.7 cm³/mol. The van der Waals surface area contributed by atoms with E-state index in [1.807, 2.05) is 0 Å². The van der Waals surface area contributed by atoms with Gasteiger partial charge in [-0.3, -0.25) is 4.79 Å². The number of alkyl halides is 1. The normalized spacial score (nSPS) is 12.5. The second-order valence-electron chi connectivity index (χ2n) is 3.25. The molecule has 0 radical (unpaired) electrons. The summed E-state index contributed by atoms with van der Waals surface area (Å²) < 4.78 is 4.89. The molecule has 0 aliphatic carbocycles. The highest BCUT2D eigenvalue weighted by Crippen LogP contribution is 2.09. The highest BCUT2D eigenvalue weighted by molar-refractivity contribution is 9.10. The number of hydrogen-bond acceptors (Lipinski definition) is 2. The maximum atomic E-state index is 11.4. The van der Waals surface area contributed by atoms with Crippen molar-refractivity contribution in [2.75, 3.05) is 20.3 Å². The van der Waals surface area contributed by atoms with Crippen molar-refractivity contribution in [3.63, 3.8) is 0 Å². The Labute approximate surface area is 94.7 Å². The number of methoxy groups -OCH3 is 1. The van der Waals surface area contributed by atoms with Gasteiger partial charge in [0.25, 0.3) is 0 Å². The largest absolute Gasteiger partial charge is 0.385 e. The highest BCUT2D eigenvalue weighted by Gasteiger charge is 2.12. The second kappa shape index (κ2) is 9.46. The van der Waals surface area contributed by atoms with Crippen LogP contribution in [-0.2, 0) is 9.53 Å². The van der Waals surface area contributed by atoms with E-state index in [0.717, 1.165) is 25.7 Å². The minimum Gasteiger partial charge on any atom is -0.385 e. The molecule has 0 heterocycles. The molecule has 1 atom stereocenters. The summed E-state index contributed by atoms with van der Waals surface area (Å²) in [4.78, 5) is 11.4. The first kappa shape index (κ1) is 13.9. The summed E-state index contributed by atoms with van der Waals surface area (Å²) in [6.45, 7) is 3.51. The van der Waals surface area contributed by atoms with Crippen molar-refractivity contribution < 1.29 is 9.53 Å². The third-order valence-electron chi connectivity index (χ3n) is 1.92. The zero-order valence-electron chi connectivity index (χ0n) is 9.01. The molecule has 0 aromatic rings. The summed E-state index contributed by atoms with van der Waals surface area (Å²) >= 11 is 3.37. The lowest BCUT2D eigenvalue weighted by atomic mass is 10.2. The number of nitrogens with one attached hydrogen (secondary N) is 1. The molecule has 0 aromatic carbocycles. The van der Waals surface area contributed by atoms with Crippen LogP contribution < -0.4 is 5.32 Å². The average molecular weight is 266 g/mol. The van der Waals surface area contributed by atoms with Gasteiger partial charge in [0.05, 0.1) is 4.83 Å². The third kappa shape index (κ3) is 7.33. The number of hydrogen-bond donors (Lipinski definition) is 1. The van der Waals surface area contributed by atoms with E-state index < -0.39 is 0 Å². The topological polar surface area (TPSA) is 38.3 Å². The Morgan fingerprint density at radius 1 is 1.50 bits per heavy atom. The van der Waals surface area contributed by atoms with Crippen LogP contribution in [0.25, 0.3) is 0 Å². The quantitative estimate of drug-likeness (QED) is 0.539. The third-order valence-corrected chi connectivity index (χ3v) is 2.79. The zero-order valence-corrected chi connectivity index (χ0v) is 10.6. The van der Waals surface area contributed by atoms with Crippen LogP contribution in [0, 0.1) is 0 Å². The first-order chi connectivity index (χ1) is 6.72. The van der Waals surface area contributed by atoms with Crippen molar-refractivity contribution in [3.05, 3.63) is 0 Å². The number of carbonyl (C=O) groups is 1. The highest BCUT2D eigenvalue weighted by atomic mass is 79.9. The van der Waals surface area contributed by atoms with Crippen molar-refractivity contribution in [3.8, 4) is 0 Å². The van der Waals surface area contributed by atoms with Crippen molar-refractivity contribution in [2.24, 2.45) is 0 Å². The maximum Gasteiger partial charge on any atom is 0.233 e. The molecule has 3 nitrogen and oxygen atoms in total. The van der Waals surface area contributed by atoms with Gasteiger partial charge < -0.3 is 10.1 Å². The lowest BCUT2D eigenvalue weighted by molar-refractivity contribution is -0.120. The molecule has 0 aromatic heterocycles. The molecule has 0 rings (SSSR count). The zero-order chi connectivity index (χ0) is 10.8. The van der Waals surface area contributed by atoms with Crippen LogP contribution in [0.1, 0.15) is 32.6 Å². The van der Waals surface area contributed by atoms with Gasteiger partial charge >= 0.3 is 0 Å². The van der Waals surface area contributed by atoms with Crippen LogP contribution in [0.15, 0.2) is 0 Å². The summed E-state index contributed by atoms with van der Waals surface area (Å²) in [6, 6.07) is 0. The Balaban J connectivity index is 3.42. The van der Waals surface area contributed by atoms with E-state index in [0.29, 0.717) is 13.2 Å².